The van der Waals surface area contributed by atoms with Gasteiger partial charge in [-0.3, -0.25) is 40.5 Å². The summed E-state index contributed by atoms with van der Waals surface area (Å²) in [5.41, 5.74) is 16.2. The molecule has 1 aliphatic carbocycles. The van der Waals surface area contributed by atoms with Gasteiger partial charge in [0.05, 0.1) is 51.7 Å². The first-order valence-corrected chi connectivity index (χ1v) is 46.9. The van der Waals surface area contributed by atoms with E-state index in [1.807, 2.05) is 131 Å². The Labute approximate surface area is 834 Å². The highest BCUT2D eigenvalue weighted by atomic mass is 19.4. The topological polar surface area (TPSA) is 428 Å². The standard InChI is InChI=1S/C28H30N4O4.C28H29N3O6.C27H23N3O6.C25H23F3N4O5/c1-6-30(7-2)21-10-12-23(18(4)15-21)28(29-36-19(5)33)20-9-13-26-24(16-20)25-17-22(32(34)35)11-14-27(25)31(26)8-3;1-6-30-26-11-7-20(14-24(26)25-15-21(31(33)34)8-12-27(25)30)28(29-37-19(4)32)23-10-9-22(13-17(23)2)36-18(3)16-35-5;1-4-29-25-13-10-20(15-22(25)23-16-21(30(33)34)11-14-26(23)29)24(28-36-17(2)31)12-7-18-5-8-19(9-6-18)27(32)35-3;1-15-18(20(14-29)30-37-24(33)25(26,27)28)8-10-22-23(15)19-13-16(32(34)35)7-9-21(19)31(22)11-12-36-17-5-3-2-4-6-17/h9-17H,6-8H2,1-5H3;7-15,18H,6,16H2,1-5H3;5-16H,4H2,1-3H3;7-10,13,17H,2-6,11-12H2,1H3/b2*29-28-;12-7+,28-24+;30-20+. The van der Waals surface area contributed by atoms with Gasteiger partial charge >= 0.3 is 36.0 Å². The Morgan fingerprint density at radius 1 is 0.486 bits per heavy atom. The fourth-order valence-corrected chi connectivity index (χ4v) is 18.1. The number of hydrogen-bond donors (Lipinski definition) is 0. The van der Waals surface area contributed by atoms with Crippen LogP contribution >= 0.6 is 0 Å². The molecule has 0 radical (unpaired) electrons. The van der Waals surface area contributed by atoms with E-state index in [-0.39, 0.29) is 45.4 Å². The number of methoxy groups -OCH3 is 2. The zero-order chi connectivity index (χ0) is 105. The molecule has 146 heavy (non-hydrogen) atoms. The molecule has 4 aromatic heterocycles. The van der Waals surface area contributed by atoms with Crippen molar-refractivity contribution in [3.8, 4) is 11.8 Å². The number of esters is 1. The number of aromatic nitrogens is 4. The fourth-order valence-electron chi connectivity index (χ4n) is 18.1. The molecule has 11 aromatic carbocycles. The molecule has 16 rings (SSSR count). The maximum Gasteiger partial charge on any atom is 0.493 e. The lowest BCUT2D eigenvalue weighted by Crippen LogP contribution is -2.24. The largest absolute Gasteiger partial charge is 0.493 e. The number of fused-ring (bicyclic) bond motifs is 12. The number of ether oxygens (including phenoxy) is 4. The first-order chi connectivity index (χ1) is 69.9. The van der Waals surface area contributed by atoms with Gasteiger partial charge < -0.3 is 61.5 Å². The zero-order valence-electron chi connectivity index (χ0n) is 82.5. The molecular formula is C108H105F3N14O21. The number of non-ortho nitro benzene ring substituents is 4. The number of rotatable bonds is 31. The molecule has 1 saturated carbocycles. The lowest BCUT2D eigenvalue weighted by molar-refractivity contribution is -0.384. The maximum atomic E-state index is 12.5. The summed E-state index contributed by atoms with van der Waals surface area (Å²) in [5.74, 6) is -3.91. The quantitative estimate of drug-likeness (QED) is 0.0128. The van der Waals surface area contributed by atoms with Crippen LogP contribution in [0, 0.1) is 72.6 Å². The summed E-state index contributed by atoms with van der Waals surface area (Å²) in [6, 6.07) is 59.8. The highest BCUT2D eigenvalue weighted by molar-refractivity contribution is 6.22. The van der Waals surface area contributed by atoms with Crippen molar-refractivity contribution in [2.75, 3.05) is 45.4 Å². The van der Waals surface area contributed by atoms with Crippen LogP contribution < -0.4 is 9.64 Å². The van der Waals surface area contributed by atoms with E-state index in [4.69, 9.17) is 33.5 Å². The van der Waals surface area contributed by atoms with Gasteiger partial charge in [-0.1, -0.05) is 82.4 Å². The normalized spacial score (nSPS) is 12.8. The summed E-state index contributed by atoms with van der Waals surface area (Å²) in [6.07, 6.45) is 3.77. The number of nitro benzene ring substituents is 4. The number of carbonyl (C=O) groups excluding carboxylic acids is 5. The Kier molecular flexibility index (Phi) is 34.2. The van der Waals surface area contributed by atoms with Crippen molar-refractivity contribution in [3.63, 3.8) is 0 Å². The molecule has 1 fully saturated rings. The lowest BCUT2D eigenvalue weighted by atomic mass is 9.96. The van der Waals surface area contributed by atoms with E-state index in [0.29, 0.717) is 99.8 Å². The maximum absolute atomic E-state index is 12.5. The Bertz CT molecular complexity index is 7830. The Hall–Kier alpha value is -17.2. The summed E-state index contributed by atoms with van der Waals surface area (Å²) in [4.78, 5) is 123. The van der Waals surface area contributed by atoms with Crippen LogP contribution in [0.2, 0.25) is 0 Å². The van der Waals surface area contributed by atoms with E-state index in [1.54, 1.807) is 105 Å². The van der Waals surface area contributed by atoms with Crippen LogP contribution in [0.5, 0.6) is 5.75 Å². The molecule has 38 heteroatoms. The summed E-state index contributed by atoms with van der Waals surface area (Å²) >= 11 is 0. The fraction of sp³-hybridized carbons (Fsp3) is 0.278. The number of halogens is 3. The van der Waals surface area contributed by atoms with Crippen LogP contribution in [-0.4, -0.2) is 150 Å². The summed E-state index contributed by atoms with van der Waals surface area (Å²) < 4.78 is 67.6. The highest BCUT2D eigenvalue weighted by Gasteiger charge is 2.42. The van der Waals surface area contributed by atoms with Gasteiger partial charge in [-0.15, -0.1) is 0 Å². The van der Waals surface area contributed by atoms with E-state index >= 15 is 0 Å². The summed E-state index contributed by atoms with van der Waals surface area (Å²) in [6.45, 7) is 26.9. The van der Waals surface area contributed by atoms with Gasteiger partial charge in [-0.2, -0.15) is 18.4 Å². The Morgan fingerprint density at radius 3 is 1.32 bits per heavy atom. The minimum atomic E-state index is -5.27. The summed E-state index contributed by atoms with van der Waals surface area (Å²) in [5, 5.41) is 76.8. The van der Waals surface area contributed by atoms with Crippen LogP contribution in [0.1, 0.15) is 160 Å². The minimum absolute atomic E-state index is 0.00663. The second kappa shape index (κ2) is 47.1. The van der Waals surface area contributed by atoms with E-state index in [9.17, 15) is 82.9 Å². The molecule has 0 saturated heterocycles. The van der Waals surface area contributed by atoms with Gasteiger partial charge in [0.2, 0.25) is 0 Å². The van der Waals surface area contributed by atoms with Gasteiger partial charge in [0.1, 0.15) is 35.1 Å². The number of aryl methyl sites for hydroxylation is 6. The van der Waals surface area contributed by atoms with Crippen LogP contribution in [0.15, 0.2) is 227 Å². The molecular weight excluding hydrogens is 1890 g/mol. The predicted octanol–water partition coefficient (Wildman–Crippen LogP) is 23.1. The second-order valence-corrected chi connectivity index (χ2v) is 34.2. The number of oxime groups is 4. The predicted molar refractivity (Wildman–Crippen MR) is 551 cm³/mol. The number of alkyl halides is 3. The molecule has 1 unspecified atom stereocenters. The van der Waals surface area contributed by atoms with Crippen molar-refractivity contribution in [2.24, 2.45) is 20.6 Å². The Morgan fingerprint density at radius 2 is 0.897 bits per heavy atom. The molecule has 1 atom stereocenters. The molecule has 0 amide bonds. The van der Waals surface area contributed by atoms with Crippen LogP contribution in [0.4, 0.5) is 41.6 Å². The average Bonchev–Trinajstić information content (AvgIpc) is 1.63. The molecule has 4 heterocycles. The first kappa shape index (κ1) is 106. The second-order valence-electron chi connectivity index (χ2n) is 34.2. The molecule has 1 aliphatic rings. The van der Waals surface area contributed by atoms with E-state index in [1.165, 1.54) is 70.7 Å². The minimum Gasteiger partial charge on any atom is -0.488 e. The first-order valence-electron chi connectivity index (χ1n) is 46.9. The molecule has 0 aliphatic heterocycles. The molecule has 0 N–H and O–H groups in total. The van der Waals surface area contributed by atoms with Crippen molar-refractivity contribution >= 4 is 174 Å². The number of hydrogen-bond acceptors (Lipinski definition) is 27. The van der Waals surface area contributed by atoms with Crippen LogP contribution in [-0.2, 0) is 78.9 Å². The Balaban J connectivity index is 0.000000163. The third kappa shape index (κ3) is 24.1. The highest BCUT2D eigenvalue weighted by Crippen LogP contribution is 2.41. The number of anilines is 1. The number of allylic oxidation sites excluding steroid dienone is 1. The molecule has 35 nitrogen and oxygen atoms in total. The number of nitro groups is 4. The van der Waals surface area contributed by atoms with Gasteiger partial charge in [0.25, 0.3) is 22.7 Å². The van der Waals surface area contributed by atoms with E-state index in [2.05, 4.69) is 64.0 Å². The number of carbonyl (C=O) groups is 5. The molecule has 0 bridgehead atoms. The number of nitrogens with zero attached hydrogens (tertiary/aromatic N) is 14. The third-order valence-corrected chi connectivity index (χ3v) is 24.8. The van der Waals surface area contributed by atoms with Crippen molar-refractivity contribution in [1.29, 1.82) is 5.26 Å². The average molecular weight is 1990 g/mol. The lowest BCUT2D eigenvalue weighted by Gasteiger charge is -2.22. The van der Waals surface area contributed by atoms with E-state index in [0.717, 1.165) is 150 Å². The van der Waals surface area contributed by atoms with Crippen molar-refractivity contribution in [3.05, 3.63) is 308 Å². The molecule has 15 aromatic rings. The SMILES string of the molecule is CCN(CC)c1ccc(/C(=N\OC(C)=O)c2ccc3c(c2)c2cc([N+](=O)[O-])ccc2n3CC)c(C)c1.CCn1c2ccc(/C(=N/OC(C)=O)c3ccc(OC(C)COC)cc3C)cc2c2cc([N+](=O)[O-])ccc21.CCn1c2ccc(C(/C=C/c3ccc(C(=O)OC)cc3)=N/OC(C)=O)cc2c2cc([N+](=O)[O-])ccc21.Cc1c(/C(C#N)=N/OC(=O)C(F)(F)F)ccc2c1c1cc([N+](=O)[O-])ccc1n2CCOC1CCCCC1. The van der Waals surface area contributed by atoms with Crippen molar-refractivity contribution in [2.45, 2.75) is 160 Å². The van der Waals surface area contributed by atoms with Gasteiger partial charge in [-0.25, -0.2) is 24.0 Å². The summed E-state index contributed by atoms with van der Waals surface area (Å²) in [7, 11) is 2.94. The molecule has 754 valence electrons. The number of nitriles is 1. The van der Waals surface area contributed by atoms with Gasteiger partial charge in [0, 0.05) is 242 Å². The van der Waals surface area contributed by atoms with Gasteiger partial charge in [-0.05, 0) is 219 Å². The van der Waals surface area contributed by atoms with E-state index < -0.39 is 56.5 Å². The third-order valence-electron chi connectivity index (χ3n) is 24.8. The van der Waals surface area contributed by atoms with Gasteiger partial charge in [0.15, 0.2) is 5.71 Å². The van der Waals surface area contributed by atoms with Crippen LogP contribution in [0.25, 0.3) is 93.3 Å². The zero-order valence-corrected chi connectivity index (χ0v) is 82.5. The monoisotopic (exact) mass is 1990 g/mol. The van der Waals surface area contributed by atoms with Crippen molar-refractivity contribution < 1.29 is 95.1 Å². The van der Waals surface area contributed by atoms with Crippen molar-refractivity contribution in [1.82, 2.24) is 18.3 Å². The number of benzene rings is 11. The smallest absolute Gasteiger partial charge is 0.488 e. The van der Waals surface area contributed by atoms with Crippen LogP contribution in [0.3, 0.4) is 0 Å². The molecule has 0 spiro atoms.